The van der Waals surface area contributed by atoms with E-state index in [1.54, 1.807) is 17.7 Å². The number of para-hydroxylation sites is 1. The number of piperazine rings is 1. The van der Waals surface area contributed by atoms with Gasteiger partial charge in [-0.3, -0.25) is 13.9 Å². The Balaban J connectivity index is 1.78. The summed E-state index contributed by atoms with van der Waals surface area (Å²) in [5.74, 6) is 0.631. The van der Waals surface area contributed by atoms with Gasteiger partial charge in [-0.2, -0.15) is 0 Å². The summed E-state index contributed by atoms with van der Waals surface area (Å²) in [5, 5.41) is 4.34. The van der Waals surface area contributed by atoms with Gasteiger partial charge in [-0.1, -0.05) is 60.1 Å². The van der Waals surface area contributed by atoms with Crippen molar-refractivity contribution in [1.82, 2.24) is 14.5 Å². The number of aromatic nitrogens is 2. The molecule has 4 aromatic rings. The van der Waals surface area contributed by atoms with Gasteiger partial charge in [-0.05, 0) is 23.8 Å². The fourth-order valence-corrected chi connectivity index (χ4v) is 4.91. The number of hydrogen-bond acceptors (Lipinski definition) is 5. The third-order valence-electron chi connectivity index (χ3n) is 6.44. The maximum atomic E-state index is 14.0. The Kier molecular flexibility index (Phi) is 6.61. The highest BCUT2D eigenvalue weighted by atomic mass is 35.5. The van der Waals surface area contributed by atoms with E-state index in [0.717, 1.165) is 43.0 Å². The maximum absolute atomic E-state index is 14.0. The number of nitrogens with zero attached hydrogens (tertiary/aromatic N) is 3. The van der Waals surface area contributed by atoms with Crippen molar-refractivity contribution in [1.29, 1.82) is 0 Å². The second-order valence-electron chi connectivity index (χ2n) is 8.61. The van der Waals surface area contributed by atoms with Crippen LogP contribution in [0.4, 0.5) is 5.69 Å². The molecule has 1 fully saturated rings. The number of hydrogen-bond donors (Lipinski definition) is 1. The van der Waals surface area contributed by atoms with E-state index < -0.39 is 0 Å². The quantitative estimate of drug-likeness (QED) is 0.449. The lowest BCUT2D eigenvalue weighted by Gasteiger charge is -2.31. The number of fused-ring (bicyclic) bond motifs is 1. The van der Waals surface area contributed by atoms with Crippen LogP contribution in [-0.2, 0) is 13.1 Å². The Morgan fingerprint density at radius 3 is 2.37 bits per heavy atom. The van der Waals surface area contributed by atoms with Crippen LogP contribution in [0.5, 0.6) is 5.75 Å². The Labute approximate surface area is 208 Å². The molecular formula is C27H27ClN4O3. The molecule has 1 aliphatic heterocycles. The Bertz CT molecular complexity index is 1470. The van der Waals surface area contributed by atoms with E-state index in [1.165, 1.54) is 4.57 Å². The van der Waals surface area contributed by atoms with Crippen LogP contribution in [0.1, 0.15) is 11.1 Å². The number of methoxy groups -OCH3 is 1. The number of nitrogens with one attached hydrogen (secondary N) is 1. The van der Waals surface area contributed by atoms with Gasteiger partial charge in [0.05, 0.1) is 36.8 Å². The summed E-state index contributed by atoms with van der Waals surface area (Å²) < 4.78 is 8.45. The van der Waals surface area contributed by atoms with Crippen LogP contribution in [0.15, 0.2) is 76.3 Å². The highest BCUT2D eigenvalue weighted by Crippen LogP contribution is 2.29. The summed E-state index contributed by atoms with van der Waals surface area (Å²) in [5.41, 5.74) is 2.31. The fourth-order valence-electron chi connectivity index (χ4n) is 4.70. The normalized spacial score (nSPS) is 13.8. The van der Waals surface area contributed by atoms with Gasteiger partial charge >= 0.3 is 5.69 Å². The molecule has 0 atom stereocenters. The lowest BCUT2D eigenvalue weighted by molar-refractivity contribution is 0.407. The molecule has 1 N–H and O–H groups in total. The van der Waals surface area contributed by atoms with Crippen molar-refractivity contribution in [2.24, 2.45) is 0 Å². The highest BCUT2D eigenvalue weighted by Gasteiger charge is 2.22. The molecule has 5 rings (SSSR count). The van der Waals surface area contributed by atoms with Crippen molar-refractivity contribution >= 4 is 28.2 Å². The summed E-state index contributed by atoms with van der Waals surface area (Å²) in [4.78, 5) is 29.9. The molecule has 0 bridgehead atoms. The maximum Gasteiger partial charge on any atom is 0.332 e. The Morgan fingerprint density at radius 1 is 0.914 bits per heavy atom. The average Bonchev–Trinajstić information content (AvgIpc) is 2.90. The largest absolute Gasteiger partial charge is 0.496 e. The van der Waals surface area contributed by atoms with Gasteiger partial charge in [0, 0.05) is 36.8 Å². The molecule has 8 heteroatoms. The molecule has 0 amide bonds. The van der Waals surface area contributed by atoms with Gasteiger partial charge in [-0.15, -0.1) is 0 Å². The number of benzene rings is 3. The molecule has 180 valence electrons. The number of ether oxygens (including phenoxy) is 1. The lowest BCUT2D eigenvalue weighted by atomic mass is 10.1. The molecule has 1 saturated heterocycles. The molecule has 1 aliphatic rings. The molecule has 3 aromatic carbocycles. The minimum atomic E-state index is -0.384. The van der Waals surface area contributed by atoms with Crippen LogP contribution in [0.2, 0.25) is 5.02 Å². The van der Waals surface area contributed by atoms with E-state index >= 15 is 0 Å². The van der Waals surface area contributed by atoms with Gasteiger partial charge in [0.2, 0.25) is 0 Å². The summed E-state index contributed by atoms with van der Waals surface area (Å²) in [6.07, 6.45) is 0. The van der Waals surface area contributed by atoms with Gasteiger partial charge in [-0.25, -0.2) is 4.79 Å². The first-order valence-electron chi connectivity index (χ1n) is 11.6. The van der Waals surface area contributed by atoms with Crippen LogP contribution < -0.4 is 26.2 Å². The molecule has 0 saturated carbocycles. The smallest absolute Gasteiger partial charge is 0.332 e. The molecular weight excluding hydrogens is 464 g/mol. The number of rotatable bonds is 6. The molecule has 35 heavy (non-hydrogen) atoms. The van der Waals surface area contributed by atoms with E-state index in [4.69, 9.17) is 16.3 Å². The van der Waals surface area contributed by atoms with E-state index in [1.807, 2.05) is 60.7 Å². The minimum absolute atomic E-state index is 0.107. The van der Waals surface area contributed by atoms with Gasteiger partial charge in [0.15, 0.2) is 0 Å². The van der Waals surface area contributed by atoms with Crippen LogP contribution in [-0.4, -0.2) is 42.4 Å². The predicted octanol–water partition coefficient (Wildman–Crippen LogP) is 3.33. The molecule has 0 unspecified atom stereocenters. The zero-order valence-electron chi connectivity index (χ0n) is 19.5. The van der Waals surface area contributed by atoms with Gasteiger partial charge < -0.3 is 15.0 Å². The fraction of sp³-hybridized carbons (Fsp3) is 0.259. The van der Waals surface area contributed by atoms with Crippen molar-refractivity contribution in [2.75, 3.05) is 38.2 Å². The third-order valence-corrected chi connectivity index (χ3v) is 6.65. The highest BCUT2D eigenvalue weighted by molar-refractivity contribution is 6.31. The van der Waals surface area contributed by atoms with Crippen molar-refractivity contribution < 1.29 is 4.74 Å². The molecule has 0 aliphatic carbocycles. The third kappa shape index (κ3) is 4.57. The van der Waals surface area contributed by atoms with Crippen molar-refractivity contribution in [3.8, 4) is 5.75 Å². The number of anilines is 1. The zero-order chi connectivity index (χ0) is 24.4. The van der Waals surface area contributed by atoms with E-state index in [2.05, 4.69) is 10.2 Å². The number of halogens is 1. The monoisotopic (exact) mass is 490 g/mol. The molecule has 7 nitrogen and oxygen atoms in total. The summed E-state index contributed by atoms with van der Waals surface area (Å²) in [6.45, 7) is 3.55. The molecule has 0 radical (unpaired) electrons. The predicted molar refractivity (Wildman–Crippen MR) is 140 cm³/mol. The standard InChI is InChI=1S/C27H27ClN4O3/c1-35-24-10-6-5-9-20(24)18-32-26(33)25-22(30-13-11-29-12-14-30)15-21(28)16-23(25)31(27(32)34)17-19-7-3-2-4-8-19/h2-10,15-16,29H,11-14,17-18H2,1H3. The first-order chi connectivity index (χ1) is 17.1. The van der Waals surface area contributed by atoms with E-state index in [-0.39, 0.29) is 17.8 Å². The average molecular weight is 491 g/mol. The van der Waals surface area contributed by atoms with Crippen molar-refractivity contribution in [2.45, 2.75) is 13.1 Å². The second-order valence-corrected chi connectivity index (χ2v) is 9.05. The van der Waals surface area contributed by atoms with Crippen LogP contribution in [0.25, 0.3) is 10.9 Å². The molecule has 2 heterocycles. The van der Waals surface area contributed by atoms with E-state index in [0.29, 0.717) is 28.2 Å². The zero-order valence-corrected chi connectivity index (χ0v) is 20.3. The Morgan fingerprint density at radius 2 is 1.63 bits per heavy atom. The summed E-state index contributed by atoms with van der Waals surface area (Å²) >= 11 is 6.55. The Hall–Kier alpha value is -3.55. The molecule has 0 spiro atoms. The first kappa shape index (κ1) is 23.2. The van der Waals surface area contributed by atoms with Crippen LogP contribution >= 0.6 is 11.6 Å². The van der Waals surface area contributed by atoms with Gasteiger partial charge in [0.25, 0.3) is 5.56 Å². The summed E-state index contributed by atoms with van der Waals surface area (Å²) in [6, 6.07) is 20.7. The van der Waals surface area contributed by atoms with Crippen LogP contribution in [0, 0.1) is 0 Å². The van der Waals surface area contributed by atoms with Crippen LogP contribution in [0.3, 0.4) is 0 Å². The topological polar surface area (TPSA) is 68.5 Å². The minimum Gasteiger partial charge on any atom is -0.496 e. The lowest BCUT2D eigenvalue weighted by Crippen LogP contribution is -2.45. The summed E-state index contributed by atoms with van der Waals surface area (Å²) in [7, 11) is 1.58. The van der Waals surface area contributed by atoms with Gasteiger partial charge in [0.1, 0.15) is 5.75 Å². The van der Waals surface area contributed by atoms with E-state index in [9.17, 15) is 9.59 Å². The SMILES string of the molecule is COc1ccccc1Cn1c(=O)c2c(N3CCNCC3)cc(Cl)cc2n(Cc2ccccc2)c1=O. The van der Waals surface area contributed by atoms with Crippen molar-refractivity contribution in [3.63, 3.8) is 0 Å². The molecule has 1 aromatic heterocycles. The van der Waals surface area contributed by atoms with Crippen molar-refractivity contribution in [3.05, 3.63) is 104 Å². The second kappa shape index (κ2) is 9.98. The first-order valence-corrected chi connectivity index (χ1v) is 12.0.